The van der Waals surface area contributed by atoms with E-state index in [1.54, 1.807) is 18.2 Å². The largest absolute Gasteiger partial charge is 0.372 e. The van der Waals surface area contributed by atoms with Crippen LogP contribution in [0, 0.1) is 5.82 Å². The van der Waals surface area contributed by atoms with Crippen molar-refractivity contribution in [3.05, 3.63) is 101 Å². The number of carbonyl (C=O) groups is 1. The van der Waals surface area contributed by atoms with Crippen LogP contribution >= 0.6 is 11.8 Å². The van der Waals surface area contributed by atoms with Crippen LogP contribution in [0.25, 0.3) is 0 Å². The Morgan fingerprint density at radius 2 is 1.54 bits per heavy atom. The lowest BCUT2D eigenvalue weighted by atomic mass is 10.1. The predicted octanol–water partition coefficient (Wildman–Crippen LogP) is 4.95. The molecule has 0 heterocycles. The zero-order chi connectivity index (χ0) is 19.6. The van der Waals surface area contributed by atoms with E-state index < -0.39 is 0 Å². The third-order valence-corrected chi connectivity index (χ3v) is 5.21. The van der Waals surface area contributed by atoms with Crippen molar-refractivity contribution in [1.82, 2.24) is 5.32 Å². The van der Waals surface area contributed by atoms with Crippen molar-refractivity contribution in [3.63, 3.8) is 0 Å². The summed E-state index contributed by atoms with van der Waals surface area (Å²) in [6, 6.07) is 24.3. The van der Waals surface area contributed by atoms with Gasteiger partial charge in [-0.1, -0.05) is 66.7 Å². The minimum atomic E-state index is -0.304. The minimum absolute atomic E-state index is 0.131. The lowest BCUT2D eigenvalue weighted by Gasteiger charge is -2.11. The van der Waals surface area contributed by atoms with Crippen LogP contribution in [-0.2, 0) is 29.3 Å². The van der Waals surface area contributed by atoms with E-state index in [1.807, 2.05) is 54.6 Å². The van der Waals surface area contributed by atoms with Crippen molar-refractivity contribution < 1.29 is 13.9 Å². The molecule has 0 saturated heterocycles. The van der Waals surface area contributed by atoms with E-state index in [-0.39, 0.29) is 17.5 Å². The van der Waals surface area contributed by atoms with Gasteiger partial charge in [-0.25, -0.2) is 4.39 Å². The smallest absolute Gasteiger partial charge is 0.230 e. The van der Waals surface area contributed by atoms with Crippen LogP contribution in [0.4, 0.5) is 4.39 Å². The lowest BCUT2D eigenvalue weighted by molar-refractivity contribution is -0.118. The Morgan fingerprint density at radius 1 is 0.857 bits per heavy atom. The van der Waals surface area contributed by atoms with Gasteiger partial charge in [0, 0.05) is 11.4 Å². The summed E-state index contributed by atoms with van der Waals surface area (Å²) in [5.74, 6) is -0.261. The van der Waals surface area contributed by atoms with Gasteiger partial charge in [-0.15, -0.1) is 11.8 Å². The molecule has 0 saturated carbocycles. The molecule has 1 amide bonds. The van der Waals surface area contributed by atoms with Gasteiger partial charge >= 0.3 is 0 Å². The Hall–Kier alpha value is -2.63. The maximum atomic E-state index is 13.6. The van der Waals surface area contributed by atoms with Gasteiger partial charge in [-0.3, -0.25) is 4.79 Å². The molecular formula is C23H22FNO2S. The summed E-state index contributed by atoms with van der Waals surface area (Å²) in [6.45, 7) is 1.44. The molecule has 0 aliphatic rings. The molecule has 0 fully saturated rings. The molecule has 3 aromatic carbocycles. The molecule has 0 aromatic heterocycles. The number of nitrogens with one attached hydrogen (secondary N) is 1. The Kier molecular flexibility index (Phi) is 7.64. The van der Waals surface area contributed by atoms with Gasteiger partial charge in [0.2, 0.25) is 5.91 Å². The Labute approximate surface area is 168 Å². The number of benzene rings is 3. The van der Waals surface area contributed by atoms with Gasteiger partial charge in [-0.2, -0.15) is 0 Å². The van der Waals surface area contributed by atoms with Crippen molar-refractivity contribution in [2.24, 2.45) is 0 Å². The van der Waals surface area contributed by atoms with Crippen molar-refractivity contribution in [3.8, 4) is 0 Å². The lowest BCUT2D eigenvalue weighted by Crippen LogP contribution is -2.25. The number of halogens is 1. The average Bonchev–Trinajstić information content (AvgIpc) is 2.73. The number of rotatable bonds is 9. The highest BCUT2D eigenvalue weighted by Gasteiger charge is 2.08. The van der Waals surface area contributed by atoms with Gasteiger partial charge in [-0.05, 0) is 28.8 Å². The fraction of sp³-hybridized carbons (Fsp3) is 0.174. The van der Waals surface area contributed by atoms with Crippen molar-refractivity contribution in [2.45, 2.75) is 24.7 Å². The van der Waals surface area contributed by atoms with Gasteiger partial charge in [0.15, 0.2) is 0 Å². The third-order valence-electron chi connectivity index (χ3n) is 4.16. The molecule has 3 nitrogen and oxygen atoms in total. The van der Waals surface area contributed by atoms with Crippen molar-refractivity contribution >= 4 is 17.7 Å². The Balaban J connectivity index is 1.47. The van der Waals surface area contributed by atoms with Crippen LogP contribution in [0.15, 0.2) is 83.8 Å². The van der Waals surface area contributed by atoms with E-state index in [4.69, 9.17) is 4.74 Å². The molecular weight excluding hydrogens is 373 g/mol. The fourth-order valence-electron chi connectivity index (χ4n) is 2.67. The molecule has 0 bridgehead atoms. The quantitative estimate of drug-likeness (QED) is 0.521. The first-order chi connectivity index (χ1) is 13.7. The molecule has 0 aliphatic carbocycles. The first-order valence-corrected chi connectivity index (χ1v) is 10.0. The number of hydrogen-bond acceptors (Lipinski definition) is 3. The minimum Gasteiger partial charge on any atom is -0.372 e. The monoisotopic (exact) mass is 395 g/mol. The van der Waals surface area contributed by atoms with Crippen LogP contribution in [0.5, 0.6) is 0 Å². The highest BCUT2D eigenvalue weighted by Crippen LogP contribution is 2.20. The summed E-state index contributed by atoms with van der Waals surface area (Å²) >= 11 is 1.19. The number of thioether (sulfide) groups is 1. The molecule has 0 spiro atoms. The molecule has 3 aromatic rings. The maximum Gasteiger partial charge on any atom is 0.230 e. The van der Waals surface area contributed by atoms with Gasteiger partial charge < -0.3 is 10.1 Å². The summed E-state index contributed by atoms with van der Waals surface area (Å²) in [5.41, 5.74) is 3.18. The third kappa shape index (κ3) is 6.22. The zero-order valence-electron chi connectivity index (χ0n) is 15.4. The molecule has 144 valence electrons. The molecule has 0 aliphatic heterocycles. The number of hydrogen-bond donors (Lipinski definition) is 1. The Bertz CT molecular complexity index is 902. The SMILES string of the molecule is O=C(CSc1ccccc1F)NCc1ccccc1COCc1ccccc1. The summed E-state index contributed by atoms with van der Waals surface area (Å²) in [6.07, 6.45) is 0. The van der Waals surface area contributed by atoms with Crippen LogP contribution in [0.3, 0.4) is 0 Å². The molecule has 0 radical (unpaired) electrons. The maximum absolute atomic E-state index is 13.6. The Morgan fingerprint density at radius 3 is 2.32 bits per heavy atom. The summed E-state index contributed by atoms with van der Waals surface area (Å²) in [5, 5.41) is 2.90. The predicted molar refractivity (Wildman–Crippen MR) is 110 cm³/mol. The number of amides is 1. The summed E-state index contributed by atoms with van der Waals surface area (Å²) in [7, 11) is 0. The van der Waals surface area contributed by atoms with E-state index in [0.717, 1.165) is 16.7 Å². The fourth-order valence-corrected chi connectivity index (χ4v) is 3.44. The molecule has 5 heteroatoms. The second kappa shape index (κ2) is 10.6. The summed E-state index contributed by atoms with van der Waals surface area (Å²) < 4.78 is 19.4. The standard InChI is InChI=1S/C23H22FNO2S/c24-21-12-6-7-13-22(21)28-17-23(26)25-14-19-10-4-5-11-20(19)16-27-15-18-8-2-1-3-9-18/h1-13H,14-17H2,(H,25,26). The number of ether oxygens (including phenoxy) is 1. The molecule has 3 rings (SSSR count). The molecule has 28 heavy (non-hydrogen) atoms. The van der Waals surface area contributed by atoms with E-state index in [9.17, 15) is 9.18 Å². The van der Waals surface area contributed by atoms with Crippen molar-refractivity contribution in [1.29, 1.82) is 0 Å². The van der Waals surface area contributed by atoms with Gasteiger partial charge in [0.1, 0.15) is 5.82 Å². The topological polar surface area (TPSA) is 38.3 Å². The van der Waals surface area contributed by atoms with Gasteiger partial charge in [0.25, 0.3) is 0 Å². The highest BCUT2D eigenvalue weighted by atomic mass is 32.2. The van der Waals surface area contributed by atoms with Crippen LogP contribution in [0.1, 0.15) is 16.7 Å². The van der Waals surface area contributed by atoms with E-state index in [2.05, 4.69) is 5.32 Å². The first kappa shape index (κ1) is 20.1. The zero-order valence-corrected chi connectivity index (χ0v) is 16.3. The molecule has 0 atom stereocenters. The van der Waals surface area contributed by atoms with Crippen LogP contribution < -0.4 is 5.32 Å². The van der Waals surface area contributed by atoms with Gasteiger partial charge in [0.05, 0.1) is 19.0 Å². The van der Waals surface area contributed by atoms with Crippen LogP contribution in [0.2, 0.25) is 0 Å². The average molecular weight is 395 g/mol. The van der Waals surface area contributed by atoms with E-state index >= 15 is 0 Å². The number of carbonyl (C=O) groups excluding carboxylic acids is 1. The van der Waals surface area contributed by atoms with E-state index in [0.29, 0.717) is 24.7 Å². The molecule has 0 unspecified atom stereocenters. The highest BCUT2D eigenvalue weighted by molar-refractivity contribution is 8.00. The summed E-state index contributed by atoms with van der Waals surface area (Å²) in [4.78, 5) is 12.6. The first-order valence-electron chi connectivity index (χ1n) is 9.05. The normalized spacial score (nSPS) is 10.6. The molecule has 1 N–H and O–H groups in total. The van der Waals surface area contributed by atoms with Crippen molar-refractivity contribution in [2.75, 3.05) is 5.75 Å². The van der Waals surface area contributed by atoms with E-state index in [1.165, 1.54) is 17.8 Å². The second-order valence-corrected chi connectivity index (χ2v) is 7.26. The van der Waals surface area contributed by atoms with Crippen LogP contribution in [-0.4, -0.2) is 11.7 Å². The second-order valence-electron chi connectivity index (χ2n) is 6.24.